The second-order valence-corrected chi connectivity index (χ2v) is 44.3. The lowest BCUT2D eigenvalue weighted by atomic mass is 9.66. The number of nitrogens with zero attached hydrogens (tertiary/aromatic N) is 8. The number of rotatable bonds is 12. The molecular weight excluding hydrogens is 1430 g/mol. The molecule has 2 aliphatic rings. The number of ether oxygens (including phenoxy) is 1. The summed E-state index contributed by atoms with van der Waals surface area (Å²) in [7, 11) is 0.642. The summed E-state index contributed by atoms with van der Waals surface area (Å²) in [6.07, 6.45) is 0. The fourth-order valence-corrected chi connectivity index (χ4v) is 19.3. The smallest absolute Gasteiger partial charge is 0.187 e. The zero-order valence-electron chi connectivity index (χ0n) is 67.9. The predicted octanol–water partition coefficient (Wildman–Crippen LogP) is 25.9. The van der Waals surface area contributed by atoms with Gasteiger partial charge in [-0.3, -0.25) is 0 Å². The lowest BCUT2D eigenvalue weighted by molar-refractivity contribution is 0.436. The Labute approximate surface area is 680 Å². The zero-order valence-corrected chi connectivity index (χ0v) is 68.9. The molecule has 12 heteroatoms. The fraction of sp³-hybridized carbons (Fsp3) is 0.146. The van der Waals surface area contributed by atoms with E-state index in [9.17, 15) is 10.5 Å². The largest absolute Gasteiger partial charge is 0.457 e. The van der Waals surface area contributed by atoms with Crippen LogP contribution in [0.1, 0.15) is 86.1 Å². The van der Waals surface area contributed by atoms with Gasteiger partial charge in [0.2, 0.25) is 0 Å². The highest BCUT2D eigenvalue weighted by atomic mass is 28.3. The average Bonchev–Trinajstić information content (AvgIpc) is 1.29. The molecule has 0 fully saturated rings. The average molecular weight is 1520 g/mol. The molecule has 115 heavy (non-hydrogen) atoms. The number of hydrogen-bond acceptors (Lipinski definition) is 8. The van der Waals surface area contributed by atoms with E-state index in [-0.39, 0.29) is 10.8 Å². The van der Waals surface area contributed by atoms with Crippen molar-refractivity contribution in [2.75, 3.05) is 9.80 Å². The molecular formula is C103H87BN8OSi2. The molecule has 2 radical (unpaired) electrons. The second kappa shape index (κ2) is 29.4. The van der Waals surface area contributed by atoms with Gasteiger partial charge in [-0.25, -0.2) is 19.8 Å². The van der Waals surface area contributed by atoms with Crippen LogP contribution in [-0.2, 0) is 16.2 Å². The fourth-order valence-electron chi connectivity index (χ4n) is 16.9. The summed E-state index contributed by atoms with van der Waals surface area (Å²) in [6.45, 7) is 36.0. The Balaban J connectivity index is 0.000000173. The first-order chi connectivity index (χ1) is 55.9. The van der Waals surface area contributed by atoms with Crippen molar-refractivity contribution >= 4 is 107 Å². The van der Waals surface area contributed by atoms with Crippen LogP contribution in [0.3, 0.4) is 0 Å². The van der Waals surface area contributed by atoms with Crippen molar-refractivity contribution in [1.82, 2.24) is 15.0 Å². The Kier molecular flexibility index (Phi) is 19.0. The molecule has 0 saturated heterocycles. The molecule has 16 aromatic rings. The molecule has 18 rings (SSSR count). The first-order valence-corrected chi connectivity index (χ1v) is 46.0. The van der Waals surface area contributed by atoms with Gasteiger partial charge >= 0.3 is 0 Å². The van der Waals surface area contributed by atoms with Crippen molar-refractivity contribution in [2.45, 2.75) is 97.1 Å². The molecule has 15 aromatic carbocycles. The molecule has 1 aliphatic carbocycles. The minimum absolute atomic E-state index is 0.180. The van der Waals surface area contributed by atoms with Crippen LogP contribution < -0.4 is 24.9 Å². The summed E-state index contributed by atoms with van der Waals surface area (Å²) >= 11 is 0. The number of aromatic nitrogens is 3. The summed E-state index contributed by atoms with van der Waals surface area (Å²) < 4.78 is 11.9. The van der Waals surface area contributed by atoms with E-state index in [2.05, 4.69) is 316 Å². The summed E-state index contributed by atoms with van der Waals surface area (Å²) in [5.74, 6) is 3.40. The summed E-state index contributed by atoms with van der Waals surface area (Å²) in [5, 5.41) is 29.3. The van der Waals surface area contributed by atoms with Crippen LogP contribution >= 0.6 is 0 Å². The highest BCUT2D eigenvalue weighted by Crippen LogP contribution is 2.63. The second-order valence-electron chi connectivity index (χ2n) is 34.1. The van der Waals surface area contributed by atoms with Crippen molar-refractivity contribution in [1.29, 1.82) is 11.9 Å². The van der Waals surface area contributed by atoms with Crippen LogP contribution in [0.4, 0.5) is 39.8 Å². The Hall–Kier alpha value is -13.3. The first kappa shape index (κ1) is 74.5. The van der Waals surface area contributed by atoms with Crippen LogP contribution in [0, 0.1) is 29.2 Å². The summed E-state index contributed by atoms with van der Waals surface area (Å²) in [4.78, 5) is 23.8. The number of nitriles is 2. The zero-order chi connectivity index (χ0) is 81.2. The molecule has 0 N–H and O–H groups in total. The molecule has 0 amide bonds. The third-order valence-corrected chi connectivity index (χ3v) is 26.8. The quantitative estimate of drug-likeness (QED) is 0.0676. The van der Waals surface area contributed by atoms with Crippen LogP contribution in [0.15, 0.2) is 303 Å². The molecule has 0 bridgehead atoms. The first-order valence-electron chi connectivity index (χ1n) is 39.6. The topological polar surface area (TPSA) is 106 Å². The van der Waals surface area contributed by atoms with E-state index in [0.29, 0.717) is 34.3 Å². The number of anilines is 6. The van der Waals surface area contributed by atoms with E-state index < -0.39 is 21.6 Å². The Morgan fingerprint density at radius 2 is 0.765 bits per heavy atom. The maximum Gasteiger partial charge on any atom is 0.187 e. The molecule has 556 valence electrons. The number of hydrogen-bond donors (Lipinski definition) is 0. The van der Waals surface area contributed by atoms with Crippen molar-refractivity contribution in [3.05, 3.63) is 359 Å². The summed E-state index contributed by atoms with van der Waals surface area (Å²) in [6, 6.07) is 111. The van der Waals surface area contributed by atoms with Crippen molar-refractivity contribution in [3.8, 4) is 80.1 Å². The highest BCUT2D eigenvalue weighted by molar-refractivity contribution is 6.89. The molecule has 9 nitrogen and oxygen atoms in total. The van der Waals surface area contributed by atoms with Crippen LogP contribution in [0.5, 0.6) is 11.5 Å². The third kappa shape index (κ3) is 13.6. The minimum Gasteiger partial charge on any atom is -0.457 e. The highest BCUT2D eigenvalue weighted by Gasteiger charge is 2.51. The van der Waals surface area contributed by atoms with Gasteiger partial charge in [0.05, 0.1) is 62.8 Å². The van der Waals surface area contributed by atoms with Gasteiger partial charge in [0.1, 0.15) is 11.5 Å². The number of benzene rings is 15. The van der Waals surface area contributed by atoms with Gasteiger partial charge in [0.25, 0.3) is 0 Å². The van der Waals surface area contributed by atoms with Gasteiger partial charge in [-0.05, 0) is 193 Å². The van der Waals surface area contributed by atoms with E-state index in [1.165, 1.54) is 76.1 Å². The van der Waals surface area contributed by atoms with Gasteiger partial charge in [0, 0.05) is 69.7 Å². The third-order valence-electron chi connectivity index (χ3n) is 22.7. The van der Waals surface area contributed by atoms with Crippen LogP contribution in [0.2, 0.25) is 39.3 Å². The standard InChI is InChI=1S/C56H58N4Si2.C47H28N4O.BH/c1-55(2,3)49-34-51(59(39-18-14-37(36-57)15-19-39)41-22-26-43(27-23-41)61(8,9)10)47-32-30-46-50(56(4,5)6)35-52(48-33-31-45(49)53(47)54(46)48)60(40-20-16-38(58-7)17-21-40)42-24-28-44(29-25-42)62(11,12)13;48-29-30-21-23-31(24-22-30)33-13-10-14-34(27-33)45-49-44(32-11-2-1-3-12-32)50-46(51-45)35-25-26-43-41(28-35)47(40-19-8-9-20-42(40)52-43)38-17-6-4-15-36(38)37-16-5-7-18-39(37)47;/h14-35H,1-6,8-13H3;1-28H;1H/i;;1D. The van der Waals surface area contributed by atoms with Crippen LogP contribution in [-0.4, -0.2) is 40.8 Å². The van der Waals surface area contributed by atoms with E-state index in [0.717, 1.165) is 84.6 Å². The SMILES string of the molecule is N#Cc1ccc(-c2cccc(-c3nc(-c4ccccc4)nc(-c4ccc5c(c4)C4(c6ccccc6O5)c5ccccc5-c5ccccc54)n3)c2)cc1.[2H][B].[C-]#[N+]c1ccc(N(c2ccc([Si](C)(C)C)cc2)c2cc(C(C)(C)C)c3ccc4c(N(c5ccc(C#N)cc5)c5ccc([Si](C)(C)C)cc5)cc(C(C)(C)C)c5ccc2c3c45)cc1. The molecule has 2 heterocycles. The molecule has 1 aromatic heterocycles. The minimum atomic E-state index is -1.55. The van der Waals surface area contributed by atoms with Gasteiger partial charge in [-0.1, -0.05) is 279 Å². The molecule has 0 saturated carbocycles. The van der Waals surface area contributed by atoms with Crippen molar-refractivity contribution in [3.63, 3.8) is 0 Å². The maximum absolute atomic E-state index is 9.81. The number of para-hydroxylation sites is 1. The van der Waals surface area contributed by atoms with E-state index >= 15 is 0 Å². The Morgan fingerprint density at radius 1 is 0.383 bits per heavy atom. The molecule has 1 aliphatic heterocycles. The maximum atomic E-state index is 9.81. The molecule has 1 spiro atoms. The van der Waals surface area contributed by atoms with E-state index in [4.69, 9.17) is 27.6 Å². The summed E-state index contributed by atoms with van der Waals surface area (Å²) in [5.41, 5.74) is 21.6. The van der Waals surface area contributed by atoms with Gasteiger partial charge < -0.3 is 14.5 Å². The van der Waals surface area contributed by atoms with Gasteiger partial charge in [-0.2, -0.15) is 10.5 Å². The molecule has 0 unspecified atom stereocenters. The van der Waals surface area contributed by atoms with Gasteiger partial charge in [-0.15, -0.1) is 0 Å². The van der Waals surface area contributed by atoms with E-state index in [1.54, 1.807) is 0 Å². The monoisotopic (exact) mass is 1520 g/mol. The normalized spacial score (nSPS) is 12.6. The van der Waals surface area contributed by atoms with E-state index in [1.807, 2.05) is 103 Å². The lowest BCUT2D eigenvalue weighted by Gasteiger charge is -2.39. The predicted molar refractivity (Wildman–Crippen MR) is 485 cm³/mol. The van der Waals surface area contributed by atoms with Crippen molar-refractivity contribution < 1.29 is 4.74 Å². The lowest BCUT2D eigenvalue weighted by Crippen LogP contribution is -2.37. The Morgan fingerprint density at radius 3 is 1.23 bits per heavy atom. The Bertz CT molecular complexity index is 6330. The van der Waals surface area contributed by atoms with Gasteiger partial charge in [0.15, 0.2) is 23.2 Å². The van der Waals surface area contributed by atoms with Crippen molar-refractivity contribution in [2.24, 2.45) is 0 Å². The van der Waals surface area contributed by atoms with Crippen LogP contribution in [0.25, 0.3) is 93.6 Å². The number of fused-ring (bicyclic) bond motifs is 9. The molecule has 0 atom stereocenters.